The Balaban J connectivity index is 1.78. The molecule has 3 nitrogen and oxygen atoms in total. The first-order valence-corrected chi connectivity index (χ1v) is 5.93. The molecule has 0 radical (unpaired) electrons. The number of rotatable bonds is 3. The molecule has 0 aromatic heterocycles. The fourth-order valence-corrected chi connectivity index (χ4v) is 2.36. The fourth-order valence-electron chi connectivity index (χ4n) is 2.36. The first-order valence-electron chi connectivity index (χ1n) is 5.93. The van der Waals surface area contributed by atoms with Crippen LogP contribution in [0.5, 0.6) is 0 Å². The van der Waals surface area contributed by atoms with Crippen LogP contribution in [0.4, 0.5) is 0 Å². The molecule has 2 rings (SSSR count). The highest BCUT2D eigenvalue weighted by Gasteiger charge is 2.46. The van der Waals surface area contributed by atoms with Crippen LogP contribution < -0.4 is 10.6 Å². The Kier molecular flexibility index (Phi) is 2.53. The van der Waals surface area contributed by atoms with Crippen LogP contribution in [0.3, 0.4) is 0 Å². The van der Waals surface area contributed by atoms with Gasteiger partial charge in [0.05, 0.1) is 5.41 Å². The van der Waals surface area contributed by atoms with Crippen molar-refractivity contribution >= 4 is 5.91 Å². The molecule has 2 N–H and O–H groups in total. The molecule has 2 unspecified atom stereocenters. The molecule has 1 saturated heterocycles. The third-order valence-electron chi connectivity index (χ3n) is 4.14. The van der Waals surface area contributed by atoms with E-state index in [0.29, 0.717) is 11.3 Å². The number of hydrogen-bond acceptors (Lipinski definition) is 2. The van der Waals surface area contributed by atoms with Crippen molar-refractivity contribution < 1.29 is 4.79 Å². The lowest BCUT2D eigenvalue weighted by Crippen LogP contribution is -2.41. The summed E-state index contributed by atoms with van der Waals surface area (Å²) in [6, 6.07) is 0. The second-order valence-corrected chi connectivity index (χ2v) is 6.09. The van der Waals surface area contributed by atoms with Crippen molar-refractivity contribution in [1.29, 1.82) is 0 Å². The zero-order valence-electron chi connectivity index (χ0n) is 10.0. The molecule has 1 aliphatic carbocycles. The van der Waals surface area contributed by atoms with Gasteiger partial charge in [-0.05, 0) is 37.6 Å². The molecule has 1 saturated carbocycles. The smallest absolute Gasteiger partial charge is 0.227 e. The molecule has 2 aliphatic rings. The second-order valence-electron chi connectivity index (χ2n) is 6.09. The van der Waals surface area contributed by atoms with Gasteiger partial charge in [-0.15, -0.1) is 0 Å². The summed E-state index contributed by atoms with van der Waals surface area (Å²) in [5, 5.41) is 6.36. The van der Waals surface area contributed by atoms with Crippen molar-refractivity contribution in [1.82, 2.24) is 10.6 Å². The summed E-state index contributed by atoms with van der Waals surface area (Å²) in [6.07, 6.45) is 2.22. The van der Waals surface area contributed by atoms with Gasteiger partial charge in [-0.3, -0.25) is 4.79 Å². The quantitative estimate of drug-likeness (QED) is 0.733. The minimum atomic E-state index is -0.168. The molecule has 15 heavy (non-hydrogen) atoms. The third-order valence-corrected chi connectivity index (χ3v) is 4.14. The van der Waals surface area contributed by atoms with E-state index < -0.39 is 0 Å². The average molecular weight is 210 g/mol. The van der Waals surface area contributed by atoms with Gasteiger partial charge in [0.25, 0.3) is 0 Å². The van der Waals surface area contributed by atoms with E-state index in [-0.39, 0.29) is 11.3 Å². The van der Waals surface area contributed by atoms with Crippen LogP contribution in [0.25, 0.3) is 0 Å². The summed E-state index contributed by atoms with van der Waals surface area (Å²) in [7, 11) is 0. The van der Waals surface area contributed by atoms with Gasteiger partial charge in [0.2, 0.25) is 5.91 Å². The van der Waals surface area contributed by atoms with E-state index in [0.717, 1.165) is 26.1 Å². The third kappa shape index (κ3) is 2.17. The molecule has 0 bridgehead atoms. The summed E-state index contributed by atoms with van der Waals surface area (Å²) < 4.78 is 0. The molecule has 3 heteroatoms. The molecule has 1 amide bonds. The molecular formula is C12H22N2O. The van der Waals surface area contributed by atoms with Crippen LogP contribution in [0.1, 0.15) is 33.6 Å². The van der Waals surface area contributed by atoms with E-state index in [4.69, 9.17) is 0 Å². The highest BCUT2D eigenvalue weighted by Crippen LogP contribution is 2.51. The first-order chi connectivity index (χ1) is 6.94. The van der Waals surface area contributed by atoms with Gasteiger partial charge in [-0.1, -0.05) is 13.8 Å². The molecule has 1 aliphatic heterocycles. The lowest BCUT2D eigenvalue weighted by atomic mass is 9.89. The van der Waals surface area contributed by atoms with Crippen molar-refractivity contribution in [2.75, 3.05) is 19.6 Å². The molecule has 2 atom stereocenters. The van der Waals surface area contributed by atoms with E-state index in [2.05, 4.69) is 31.4 Å². The lowest BCUT2D eigenvalue weighted by Gasteiger charge is -2.21. The van der Waals surface area contributed by atoms with Crippen molar-refractivity contribution in [3.8, 4) is 0 Å². The topological polar surface area (TPSA) is 41.1 Å². The minimum absolute atomic E-state index is 0.168. The molecule has 0 aromatic rings. The van der Waals surface area contributed by atoms with Gasteiger partial charge >= 0.3 is 0 Å². The van der Waals surface area contributed by atoms with Crippen LogP contribution in [0.2, 0.25) is 0 Å². The largest absolute Gasteiger partial charge is 0.355 e. The summed E-state index contributed by atoms with van der Waals surface area (Å²) in [4.78, 5) is 12.0. The standard InChI is InChI=1S/C12H22N2O/c1-11(2)6-9(11)7-14-10(15)12(3)4-5-13-8-12/h9,13H,4-8H2,1-3H3,(H,14,15). The predicted octanol–water partition coefficient (Wildman–Crippen LogP) is 1.15. The van der Waals surface area contributed by atoms with Gasteiger partial charge in [0.15, 0.2) is 0 Å². The Morgan fingerprint density at radius 3 is 2.60 bits per heavy atom. The molecule has 0 aromatic carbocycles. The Labute approximate surface area is 92.0 Å². The fraction of sp³-hybridized carbons (Fsp3) is 0.917. The Morgan fingerprint density at radius 2 is 2.13 bits per heavy atom. The SMILES string of the molecule is CC1(C(=O)NCC2CC2(C)C)CCNC1. The Hall–Kier alpha value is -0.570. The Bertz CT molecular complexity index is 267. The van der Waals surface area contributed by atoms with Crippen molar-refractivity contribution in [2.24, 2.45) is 16.7 Å². The summed E-state index contributed by atoms with van der Waals surface area (Å²) in [5.74, 6) is 0.926. The number of nitrogens with one attached hydrogen (secondary N) is 2. The van der Waals surface area contributed by atoms with E-state index >= 15 is 0 Å². The number of carbonyl (C=O) groups is 1. The van der Waals surface area contributed by atoms with Crippen LogP contribution in [-0.2, 0) is 4.79 Å². The van der Waals surface area contributed by atoms with Gasteiger partial charge in [-0.2, -0.15) is 0 Å². The van der Waals surface area contributed by atoms with Crippen molar-refractivity contribution in [2.45, 2.75) is 33.6 Å². The summed E-state index contributed by atoms with van der Waals surface area (Å²) >= 11 is 0. The van der Waals surface area contributed by atoms with Crippen LogP contribution in [-0.4, -0.2) is 25.5 Å². The van der Waals surface area contributed by atoms with Gasteiger partial charge in [0.1, 0.15) is 0 Å². The van der Waals surface area contributed by atoms with Crippen molar-refractivity contribution in [3.05, 3.63) is 0 Å². The Morgan fingerprint density at radius 1 is 1.47 bits per heavy atom. The minimum Gasteiger partial charge on any atom is -0.355 e. The monoisotopic (exact) mass is 210 g/mol. The zero-order chi connectivity index (χ0) is 11.1. The highest BCUT2D eigenvalue weighted by molar-refractivity contribution is 5.82. The zero-order valence-corrected chi connectivity index (χ0v) is 10.0. The highest BCUT2D eigenvalue weighted by atomic mass is 16.2. The molecule has 1 heterocycles. The second kappa shape index (κ2) is 3.48. The average Bonchev–Trinajstić information content (AvgIpc) is 2.60. The summed E-state index contributed by atoms with van der Waals surface area (Å²) in [5.41, 5.74) is 0.293. The maximum Gasteiger partial charge on any atom is 0.227 e. The maximum absolute atomic E-state index is 12.0. The lowest BCUT2D eigenvalue weighted by molar-refractivity contribution is -0.129. The van der Waals surface area contributed by atoms with Crippen LogP contribution >= 0.6 is 0 Å². The van der Waals surface area contributed by atoms with E-state index in [1.165, 1.54) is 6.42 Å². The molecule has 0 spiro atoms. The van der Waals surface area contributed by atoms with Crippen LogP contribution in [0.15, 0.2) is 0 Å². The molecule has 86 valence electrons. The number of hydrogen-bond donors (Lipinski definition) is 2. The van der Waals surface area contributed by atoms with E-state index in [1.807, 2.05) is 0 Å². The van der Waals surface area contributed by atoms with Gasteiger partial charge in [-0.25, -0.2) is 0 Å². The molecular weight excluding hydrogens is 188 g/mol. The normalized spacial score (nSPS) is 37.7. The molecule has 2 fully saturated rings. The van der Waals surface area contributed by atoms with Crippen molar-refractivity contribution in [3.63, 3.8) is 0 Å². The maximum atomic E-state index is 12.0. The first kappa shape index (κ1) is 10.9. The number of carbonyl (C=O) groups excluding carboxylic acids is 1. The van der Waals surface area contributed by atoms with E-state index in [9.17, 15) is 4.79 Å². The number of amides is 1. The summed E-state index contributed by atoms with van der Waals surface area (Å²) in [6.45, 7) is 9.25. The van der Waals surface area contributed by atoms with Gasteiger partial charge in [0, 0.05) is 13.1 Å². The predicted molar refractivity (Wildman–Crippen MR) is 60.5 cm³/mol. The van der Waals surface area contributed by atoms with Crippen LogP contribution in [0, 0.1) is 16.7 Å². The van der Waals surface area contributed by atoms with E-state index in [1.54, 1.807) is 0 Å². The van der Waals surface area contributed by atoms with Gasteiger partial charge < -0.3 is 10.6 Å².